The summed E-state index contributed by atoms with van der Waals surface area (Å²) in [7, 11) is 0. The van der Waals surface area contributed by atoms with Gasteiger partial charge in [-0.1, -0.05) is 6.07 Å². The molecular weight excluding hydrogens is 262 g/mol. The molecule has 106 valence electrons. The molecule has 0 saturated heterocycles. The number of carbonyl (C=O) groups excluding carboxylic acids is 1. The molecule has 0 unspecified atom stereocenters. The van der Waals surface area contributed by atoms with E-state index in [1.54, 1.807) is 6.20 Å². The van der Waals surface area contributed by atoms with Gasteiger partial charge in [-0.15, -0.1) is 0 Å². The lowest BCUT2D eigenvalue weighted by molar-refractivity contribution is -0.116. The summed E-state index contributed by atoms with van der Waals surface area (Å²) in [6, 6.07) is 13.6. The van der Waals surface area contributed by atoms with Gasteiger partial charge in [-0.05, 0) is 42.8 Å². The van der Waals surface area contributed by atoms with Gasteiger partial charge in [0, 0.05) is 36.9 Å². The molecule has 4 nitrogen and oxygen atoms in total. The van der Waals surface area contributed by atoms with E-state index < -0.39 is 0 Å². The van der Waals surface area contributed by atoms with Gasteiger partial charge in [-0.25, -0.2) is 0 Å². The van der Waals surface area contributed by atoms with Crippen molar-refractivity contribution < 1.29 is 4.79 Å². The first kappa shape index (κ1) is 13.4. The largest absolute Gasteiger partial charge is 0.354 e. The molecule has 0 aliphatic heterocycles. The molecule has 0 saturated carbocycles. The molecule has 1 N–H and O–H groups in total. The second-order valence-corrected chi connectivity index (χ2v) is 4.95. The molecule has 2 aromatic heterocycles. The molecule has 0 aliphatic carbocycles. The highest BCUT2D eigenvalue weighted by Crippen LogP contribution is 2.21. The molecule has 1 amide bonds. The Labute approximate surface area is 123 Å². The van der Waals surface area contributed by atoms with Crippen LogP contribution in [0.15, 0.2) is 61.1 Å². The number of nitrogens with zero attached hydrogens (tertiary/aromatic N) is 2. The average molecular weight is 279 g/mol. The number of fused-ring (bicyclic) bond motifs is 1. The van der Waals surface area contributed by atoms with E-state index in [1.807, 2.05) is 54.9 Å². The van der Waals surface area contributed by atoms with Gasteiger partial charge in [0.1, 0.15) is 0 Å². The van der Waals surface area contributed by atoms with Crippen LogP contribution >= 0.6 is 0 Å². The molecule has 1 aromatic carbocycles. The van der Waals surface area contributed by atoms with E-state index in [9.17, 15) is 4.79 Å². The first-order chi connectivity index (χ1) is 10.3. The molecule has 3 aromatic rings. The molecule has 0 spiro atoms. The zero-order chi connectivity index (χ0) is 14.5. The van der Waals surface area contributed by atoms with Gasteiger partial charge in [0.05, 0.1) is 11.2 Å². The van der Waals surface area contributed by atoms with Crippen molar-refractivity contribution >= 4 is 22.5 Å². The van der Waals surface area contributed by atoms with E-state index in [-0.39, 0.29) is 5.91 Å². The van der Waals surface area contributed by atoms with Crippen LogP contribution in [-0.4, -0.2) is 15.5 Å². The van der Waals surface area contributed by atoms with Crippen molar-refractivity contribution in [1.82, 2.24) is 9.55 Å². The van der Waals surface area contributed by atoms with Gasteiger partial charge >= 0.3 is 0 Å². The average Bonchev–Trinajstić information content (AvgIpc) is 3.01. The maximum atomic E-state index is 12.0. The second kappa shape index (κ2) is 6.22. The smallest absolute Gasteiger partial charge is 0.224 e. The number of hydrogen-bond donors (Lipinski definition) is 1. The molecule has 0 radical (unpaired) electrons. The third-order valence-corrected chi connectivity index (χ3v) is 3.41. The minimum Gasteiger partial charge on any atom is -0.354 e. The second-order valence-electron chi connectivity index (χ2n) is 4.95. The standard InChI is InChI=1S/C17H17N3O/c21-17(9-5-13-20-11-1-2-12-20)19-16-8-3-7-15-14(16)6-4-10-18-15/h1-4,6-8,10-12H,5,9,13H2,(H,19,21). The summed E-state index contributed by atoms with van der Waals surface area (Å²) < 4.78 is 2.08. The number of pyridine rings is 1. The fourth-order valence-electron chi connectivity index (χ4n) is 2.37. The molecule has 3 rings (SSSR count). The highest BCUT2D eigenvalue weighted by atomic mass is 16.1. The minimum atomic E-state index is 0.0403. The highest BCUT2D eigenvalue weighted by molar-refractivity contribution is 6.00. The van der Waals surface area contributed by atoms with Crippen LogP contribution in [0.5, 0.6) is 0 Å². The quantitative estimate of drug-likeness (QED) is 0.777. The Balaban J connectivity index is 1.61. The maximum Gasteiger partial charge on any atom is 0.224 e. The fourth-order valence-corrected chi connectivity index (χ4v) is 2.37. The van der Waals surface area contributed by atoms with Gasteiger partial charge in [0.2, 0.25) is 5.91 Å². The number of benzene rings is 1. The number of hydrogen-bond acceptors (Lipinski definition) is 2. The Hall–Kier alpha value is -2.62. The Kier molecular flexibility index (Phi) is 3.96. The lowest BCUT2D eigenvalue weighted by Gasteiger charge is -2.08. The zero-order valence-electron chi connectivity index (χ0n) is 11.7. The van der Waals surface area contributed by atoms with E-state index in [4.69, 9.17) is 0 Å². The van der Waals surface area contributed by atoms with Crippen LogP contribution in [0.4, 0.5) is 5.69 Å². The third kappa shape index (κ3) is 3.28. The topological polar surface area (TPSA) is 46.9 Å². The van der Waals surface area contributed by atoms with Crippen LogP contribution in [0.1, 0.15) is 12.8 Å². The number of amides is 1. The summed E-state index contributed by atoms with van der Waals surface area (Å²) in [5.74, 6) is 0.0403. The summed E-state index contributed by atoms with van der Waals surface area (Å²) >= 11 is 0. The first-order valence-electron chi connectivity index (χ1n) is 7.07. The van der Waals surface area contributed by atoms with Crippen molar-refractivity contribution in [3.63, 3.8) is 0 Å². The summed E-state index contributed by atoms with van der Waals surface area (Å²) in [5, 5.41) is 3.95. The third-order valence-electron chi connectivity index (χ3n) is 3.41. The summed E-state index contributed by atoms with van der Waals surface area (Å²) in [6.45, 7) is 0.859. The lowest BCUT2D eigenvalue weighted by Crippen LogP contribution is -2.12. The summed E-state index contributed by atoms with van der Waals surface area (Å²) in [5.41, 5.74) is 1.72. The molecule has 0 atom stereocenters. The van der Waals surface area contributed by atoms with E-state index in [0.29, 0.717) is 6.42 Å². The number of aryl methyl sites for hydroxylation is 1. The molecule has 4 heteroatoms. The summed E-state index contributed by atoms with van der Waals surface area (Å²) in [6.07, 6.45) is 7.10. The Morgan fingerprint density at radius 1 is 1.10 bits per heavy atom. The zero-order valence-corrected chi connectivity index (χ0v) is 11.7. The van der Waals surface area contributed by atoms with Gasteiger partial charge in [-0.2, -0.15) is 0 Å². The molecule has 0 fully saturated rings. The van der Waals surface area contributed by atoms with Crippen molar-refractivity contribution in [2.45, 2.75) is 19.4 Å². The van der Waals surface area contributed by atoms with Crippen molar-refractivity contribution in [3.05, 3.63) is 61.1 Å². The van der Waals surface area contributed by atoms with Crippen molar-refractivity contribution in [2.75, 3.05) is 5.32 Å². The molecule has 0 bridgehead atoms. The van der Waals surface area contributed by atoms with E-state index in [2.05, 4.69) is 14.9 Å². The number of anilines is 1. The highest BCUT2D eigenvalue weighted by Gasteiger charge is 2.06. The van der Waals surface area contributed by atoms with E-state index in [1.165, 1.54) is 0 Å². The maximum absolute atomic E-state index is 12.0. The van der Waals surface area contributed by atoms with Crippen LogP contribution in [-0.2, 0) is 11.3 Å². The van der Waals surface area contributed by atoms with Crippen LogP contribution in [0, 0.1) is 0 Å². The van der Waals surface area contributed by atoms with Crippen molar-refractivity contribution in [3.8, 4) is 0 Å². The number of rotatable bonds is 5. The van der Waals surface area contributed by atoms with Gasteiger partial charge in [0.15, 0.2) is 0 Å². The monoisotopic (exact) mass is 279 g/mol. The predicted molar refractivity (Wildman–Crippen MR) is 84.0 cm³/mol. The number of aromatic nitrogens is 2. The minimum absolute atomic E-state index is 0.0403. The Morgan fingerprint density at radius 2 is 1.95 bits per heavy atom. The van der Waals surface area contributed by atoms with Crippen molar-refractivity contribution in [1.29, 1.82) is 0 Å². The Morgan fingerprint density at radius 3 is 2.81 bits per heavy atom. The van der Waals surface area contributed by atoms with Crippen LogP contribution in [0.2, 0.25) is 0 Å². The van der Waals surface area contributed by atoms with Crippen molar-refractivity contribution in [2.24, 2.45) is 0 Å². The summed E-state index contributed by atoms with van der Waals surface area (Å²) in [4.78, 5) is 16.3. The normalized spacial score (nSPS) is 10.7. The van der Waals surface area contributed by atoms with Crippen LogP contribution < -0.4 is 5.32 Å². The molecule has 21 heavy (non-hydrogen) atoms. The van der Waals surface area contributed by atoms with E-state index in [0.717, 1.165) is 29.6 Å². The number of carbonyl (C=O) groups is 1. The van der Waals surface area contributed by atoms with Gasteiger partial charge in [0.25, 0.3) is 0 Å². The molecular formula is C17H17N3O. The SMILES string of the molecule is O=C(CCCn1cccc1)Nc1cccc2ncccc12. The fraction of sp³-hybridized carbons (Fsp3) is 0.176. The van der Waals surface area contributed by atoms with Crippen LogP contribution in [0.25, 0.3) is 10.9 Å². The first-order valence-corrected chi connectivity index (χ1v) is 7.07. The molecule has 0 aliphatic rings. The Bertz CT molecular complexity index is 729. The van der Waals surface area contributed by atoms with Gasteiger partial charge < -0.3 is 9.88 Å². The van der Waals surface area contributed by atoms with Gasteiger partial charge in [-0.3, -0.25) is 9.78 Å². The number of nitrogens with one attached hydrogen (secondary N) is 1. The van der Waals surface area contributed by atoms with Crippen LogP contribution in [0.3, 0.4) is 0 Å². The molecule has 2 heterocycles. The predicted octanol–water partition coefficient (Wildman–Crippen LogP) is 3.46. The lowest BCUT2D eigenvalue weighted by atomic mass is 10.1. The van der Waals surface area contributed by atoms with E-state index >= 15 is 0 Å².